The van der Waals surface area contributed by atoms with Crippen LogP contribution in [0.5, 0.6) is 0 Å². The summed E-state index contributed by atoms with van der Waals surface area (Å²) >= 11 is 1.30. The maximum atomic E-state index is 12.2. The second-order valence-electron chi connectivity index (χ2n) is 4.31. The van der Waals surface area contributed by atoms with Crippen molar-refractivity contribution in [3.8, 4) is 0 Å². The summed E-state index contributed by atoms with van der Waals surface area (Å²) in [6.07, 6.45) is 0. The minimum absolute atomic E-state index is 0.0728. The first kappa shape index (κ1) is 13.8. The van der Waals surface area contributed by atoms with Gasteiger partial charge in [0.1, 0.15) is 4.90 Å². The van der Waals surface area contributed by atoms with E-state index in [0.29, 0.717) is 5.13 Å². The van der Waals surface area contributed by atoms with E-state index >= 15 is 0 Å². The minimum Gasteiger partial charge on any atom is -0.398 e. The zero-order valence-corrected chi connectivity index (χ0v) is 12.5. The third-order valence-electron chi connectivity index (χ3n) is 2.71. The highest BCUT2D eigenvalue weighted by Crippen LogP contribution is 2.26. The van der Waals surface area contributed by atoms with Crippen LogP contribution < -0.4 is 10.5 Å². The number of hydrogen-bond acceptors (Lipinski definition) is 5. The minimum atomic E-state index is -3.69. The SMILES string of the molecule is Cc1ccc(S(=O)(=O)Nc2nc(C)c(C)s2)c(N)c1. The maximum Gasteiger partial charge on any atom is 0.265 e. The quantitative estimate of drug-likeness (QED) is 0.852. The van der Waals surface area contributed by atoms with Gasteiger partial charge in [-0.2, -0.15) is 0 Å². The molecule has 1 aromatic heterocycles. The average molecular weight is 297 g/mol. The maximum absolute atomic E-state index is 12.2. The molecule has 0 aliphatic heterocycles. The van der Waals surface area contributed by atoms with Gasteiger partial charge in [-0.15, -0.1) is 11.3 Å². The molecule has 0 unspecified atom stereocenters. The van der Waals surface area contributed by atoms with Crippen molar-refractivity contribution in [2.45, 2.75) is 25.7 Å². The van der Waals surface area contributed by atoms with E-state index in [0.717, 1.165) is 16.1 Å². The van der Waals surface area contributed by atoms with Gasteiger partial charge in [0.15, 0.2) is 5.13 Å². The molecule has 19 heavy (non-hydrogen) atoms. The normalized spacial score (nSPS) is 11.5. The van der Waals surface area contributed by atoms with Crippen molar-refractivity contribution in [2.75, 3.05) is 10.5 Å². The number of aromatic nitrogens is 1. The molecule has 7 heteroatoms. The summed E-state index contributed by atoms with van der Waals surface area (Å²) in [6, 6.07) is 4.84. The molecule has 0 fully saturated rings. The first-order valence-electron chi connectivity index (χ1n) is 5.62. The topological polar surface area (TPSA) is 85.1 Å². The van der Waals surface area contributed by atoms with Crippen molar-refractivity contribution in [3.63, 3.8) is 0 Å². The molecule has 0 aliphatic carbocycles. The lowest BCUT2D eigenvalue weighted by Crippen LogP contribution is -2.14. The number of nitrogens with zero attached hydrogens (tertiary/aromatic N) is 1. The number of hydrogen-bond donors (Lipinski definition) is 2. The Kier molecular flexibility index (Phi) is 3.51. The van der Waals surface area contributed by atoms with Crippen molar-refractivity contribution in [3.05, 3.63) is 34.3 Å². The Labute approximate surface area is 116 Å². The predicted molar refractivity (Wildman–Crippen MR) is 78.0 cm³/mol. The van der Waals surface area contributed by atoms with Gasteiger partial charge in [0.25, 0.3) is 10.0 Å². The lowest BCUT2D eigenvalue weighted by Gasteiger charge is -2.08. The van der Waals surface area contributed by atoms with Crippen LogP contribution in [0.2, 0.25) is 0 Å². The van der Waals surface area contributed by atoms with E-state index in [1.54, 1.807) is 12.1 Å². The van der Waals surface area contributed by atoms with Crippen LogP contribution in [0.1, 0.15) is 16.1 Å². The molecule has 2 rings (SSSR count). The van der Waals surface area contributed by atoms with E-state index in [-0.39, 0.29) is 10.6 Å². The molecule has 102 valence electrons. The number of aryl methyl sites for hydroxylation is 3. The molecule has 0 saturated carbocycles. The number of nitrogens with one attached hydrogen (secondary N) is 1. The Balaban J connectivity index is 2.37. The lowest BCUT2D eigenvalue weighted by molar-refractivity contribution is 0.601. The third-order valence-corrected chi connectivity index (χ3v) is 5.24. The average Bonchev–Trinajstić information content (AvgIpc) is 2.56. The molecule has 3 N–H and O–H groups in total. The van der Waals surface area contributed by atoms with Crippen molar-refractivity contribution in [1.29, 1.82) is 0 Å². The second kappa shape index (κ2) is 4.82. The molecule has 1 aromatic carbocycles. The highest BCUT2D eigenvalue weighted by molar-refractivity contribution is 7.93. The summed E-state index contributed by atoms with van der Waals surface area (Å²) in [6.45, 7) is 5.59. The molecule has 0 radical (unpaired) electrons. The molecule has 0 spiro atoms. The molecule has 0 amide bonds. The van der Waals surface area contributed by atoms with Crippen molar-refractivity contribution in [1.82, 2.24) is 4.98 Å². The zero-order valence-electron chi connectivity index (χ0n) is 10.9. The van der Waals surface area contributed by atoms with E-state index in [1.807, 2.05) is 20.8 Å². The standard InChI is InChI=1S/C12H15N3O2S2/c1-7-4-5-11(10(13)6-7)19(16,17)15-12-14-8(2)9(3)18-12/h4-6H,13H2,1-3H3,(H,14,15). The van der Waals surface area contributed by atoms with Crippen LogP contribution in [0, 0.1) is 20.8 Å². The van der Waals surface area contributed by atoms with Crippen LogP contribution in [0.3, 0.4) is 0 Å². The fraction of sp³-hybridized carbons (Fsp3) is 0.250. The van der Waals surface area contributed by atoms with Crippen LogP contribution in [0.4, 0.5) is 10.8 Å². The number of anilines is 2. The lowest BCUT2D eigenvalue weighted by atomic mass is 10.2. The Hall–Kier alpha value is -1.60. The van der Waals surface area contributed by atoms with Crippen molar-refractivity contribution < 1.29 is 8.42 Å². The third kappa shape index (κ3) is 2.87. The summed E-state index contributed by atoms with van der Waals surface area (Å²) in [4.78, 5) is 5.21. The van der Waals surface area contributed by atoms with Gasteiger partial charge >= 0.3 is 0 Å². The Bertz CT molecular complexity index is 701. The Morgan fingerprint density at radius 3 is 2.47 bits per heavy atom. The smallest absolute Gasteiger partial charge is 0.265 e. The Morgan fingerprint density at radius 1 is 1.26 bits per heavy atom. The van der Waals surface area contributed by atoms with Gasteiger partial charge in [-0.1, -0.05) is 6.07 Å². The van der Waals surface area contributed by atoms with Crippen LogP contribution in [-0.2, 0) is 10.0 Å². The first-order chi connectivity index (χ1) is 8.79. The van der Waals surface area contributed by atoms with Crippen molar-refractivity contribution in [2.24, 2.45) is 0 Å². The van der Waals surface area contributed by atoms with E-state index < -0.39 is 10.0 Å². The van der Waals surface area contributed by atoms with Gasteiger partial charge < -0.3 is 5.73 Å². The van der Waals surface area contributed by atoms with Crippen molar-refractivity contribution >= 4 is 32.2 Å². The summed E-state index contributed by atoms with van der Waals surface area (Å²) in [5, 5.41) is 0.356. The zero-order chi connectivity index (χ0) is 14.2. The molecular weight excluding hydrogens is 282 g/mol. The van der Waals surface area contributed by atoms with Gasteiger partial charge in [0.05, 0.1) is 11.4 Å². The number of nitrogen functional groups attached to an aromatic ring is 1. The number of sulfonamides is 1. The van der Waals surface area contributed by atoms with Gasteiger partial charge in [0, 0.05) is 4.88 Å². The summed E-state index contributed by atoms with van der Waals surface area (Å²) in [5.74, 6) is 0. The summed E-state index contributed by atoms with van der Waals surface area (Å²) < 4.78 is 26.9. The number of benzene rings is 1. The largest absolute Gasteiger partial charge is 0.398 e. The highest BCUT2D eigenvalue weighted by Gasteiger charge is 2.19. The number of thiazole rings is 1. The molecule has 2 aromatic rings. The van der Waals surface area contributed by atoms with Gasteiger partial charge in [-0.05, 0) is 38.5 Å². The predicted octanol–water partition coefficient (Wildman–Crippen LogP) is 2.45. The highest BCUT2D eigenvalue weighted by atomic mass is 32.2. The summed E-state index contributed by atoms with van der Waals surface area (Å²) in [7, 11) is -3.69. The molecule has 0 aliphatic rings. The summed E-state index contributed by atoms with van der Waals surface area (Å²) in [5.41, 5.74) is 7.73. The fourth-order valence-corrected chi connectivity index (χ4v) is 3.76. The van der Waals surface area contributed by atoms with Crippen LogP contribution >= 0.6 is 11.3 Å². The van der Waals surface area contributed by atoms with E-state index in [2.05, 4.69) is 9.71 Å². The van der Waals surface area contributed by atoms with Gasteiger partial charge in [0.2, 0.25) is 0 Å². The van der Waals surface area contributed by atoms with E-state index in [1.165, 1.54) is 17.4 Å². The monoisotopic (exact) mass is 297 g/mol. The Morgan fingerprint density at radius 2 is 1.95 bits per heavy atom. The van der Waals surface area contributed by atoms with Crippen LogP contribution in [-0.4, -0.2) is 13.4 Å². The van der Waals surface area contributed by atoms with Crippen LogP contribution in [0.25, 0.3) is 0 Å². The molecule has 5 nitrogen and oxygen atoms in total. The van der Waals surface area contributed by atoms with Gasteiger partial charge in [-0.25, -0.2) is 13.4 Å². The molecular formula is C12H15N3O2S2. The molecule has 0 atom stereocenters. The second-order valence-corrected chi connectivity index (χ2v) is 7.16. The van der Waals surface area contributed by atoms with Gasteiger partial charge in [-0.3, -0.25) is 4.72 Å². The number of nitrogens with two attached hydrogens (primary N) is 1. The molecule has 1 heterocycles. The molecule has 0 saturated heterocycles. The molecule has 0 bridgehead atoms. The number of rotatable bonds is 3. The fourth-order valence-electron chi connectivity index (χ4n) is 1.60. The van der Waals surface area contributed by atoms with E-state index in [9.17, 15) is 8.42 Å². The first-order valence-corrected chi connectivity index (χ1v) is 7.92. The van der Waals surface area contributed by atoms with E-state index in [4.69, 9.17) is 5.73 Å². The van der Waals surface area contributed by atoms with Crippen LogP contribution in [0.15, 0.2) is 23.1 Å².